The van der Waals surface area contributed by atoms with E-state index in [0.29, 0.717) is 0 Å². The number of benzene rings is 1. The van der Waals surface area contributed by atoms with E-state index in [4.69, 9.17) is 4.74 Å². The molecule has 0 saturated carbocycles. The molecule has 1 aromatic rings. The van der Waals surface area contributed by atoms with E-state index in [2.05, 4.69) is 4.74 Å². The highest BCUT2D eigenvalue weighted by atomic mass is 32.2. The van der Waals surface area contributed by atoms with Gasteiger partial charge in [0.15, 0.2) is 0 Å². The molecule has 0 N–H and O–H groups in total. The maximum Gasteiger partial charge on any atom is 0.516 e. The largest absolute Gasteiger partial charge is 0.516 e. The molecule has 7 nitrogen and oxygen atoms in total. The van der Waals surface area contributed by atoms with E-state index in [-0.39, 0.29) is 21.3 Å². The highest BCUT2D eigenvalue weighted by molar-refractivity contribution is 7.93. The lowest BCUT2D eigenvalue weighted by atomic mass is 10.1. The zero-order chi connectivity index (χ0) is 18.3. The SMILES string of the molecule is COC(=O)[C@@H]1Cc2c(OC(C)=O)cccc2N1S(=O)(=O)C(F)(F)F. The molecule has 0 unspecified atom stereocenters. The summed E-state index contributed by atoms with van der Waals surface area (Å²) < 4.78 is 71.9. The number of fused-ring (bicyclic) bond motifs is 1. The first-order valence-corrected chi connectivity index (χ1v) is 7.93. The molecule has 0 aliphatic carbocycles. The first-order valence-electron chi connectivity index (χ1n) is 6.49. The van der Waals surface area contributed by atoms with Gasteiger partial charge in [-0.2, -0.15) is 21.6 Å². The van der Waals surface area contributed by atoms with Gasteiger partial charge >= 0.3 is 27.5 Å². The van der Waals surface area contributed by atoms with Crippen LogP contribution in [0.5, 0.6) is 5.75 Å². The maximum atomic E-state index is 13.0. The molecular weight excluding hydrogens is 355 g/mol. The van der Waals surface area contributed by atoms with Crippen molar-refractivity contribution in [2.75, 3.05) is 11.4 Å². The fourth-order valence-electron chi connectivity index (χ4n) is 2.38. The van der Waals surface area contributed by atoms with Crippen LogP contribution in [0.2, 0.25) is 0 Å². The van der Waals surface area contributed by atoms with E-state index >= 15 is 0 Å². The molecule has 0 amide bonds. The number of alkyl halides is 3. The van der Waals surface area contributed by atoms with Crippen LogP contribution in [0, 0.1) is 0 Å². The molecule has 1 aliphatic heterocycles. The van der Waals surface area contributed by atoms with Crippen molar-refractivity contribution in [2.45, 2.75) is 24.9 Å². The number of methoxy groups -OCH3 is 1. The summed E-state index contributed by atoms with van der Waals surface area (Å²) in [4.78, 5) is 22.9. The van der Waals surface area contributed by atoms with Gasteiger partial charge in [-0.25, -0.2) is 9.10 Å². The average Bonchev–Trinajstić information content (AvgIpc) is 2.85. The number of carbonyl (C=O) groups is 2. The Hall–Kier alpha value is -2.30. The number of ether oxygens (including phenoxy) is 2. The van der Waals surface area contributed by atoms with E-state index in [1.807, 2.05) is 0 Å². The summed E-state index contributed by atoms with van der Waals surface area (Å²) in [7, 11) is -4.92. The summed E-state index contributed by atoms with van der Waals surface area (Å²) in [6, 6.07) is 1.86. The van der Waals surface area contributed by atoms with Crippen molar-refractivity contribution in [1.29, 1.82) is 0 Å². The van der Waals surface area contributed by atoms with Crippen molar-refractivity contribution in [3.8, 4) is 5.75 Å². The molecule has 2 rings (SSSR count). The van der Waals surface area contributed by atoms with Crippen LogP contribution in [0.25, 0.3) is 0 Å². The van der Waals surface area contributed by atoms with Gasteiger partial charge in [-0.15, -0.1) is 0 Å². The Morgan fingerprint density at radius 3 is 2.42 bits per heavy atom. The molecule has 24 heavy (non-hydrogen) atoms. The molecule has 0 radical (unpaired) electrons. The van der Waals surface area contributed by atoms with Crippen LogP contribution >= 0.6 is 0 Å². The number of esters is 2. The number of hydrogen-bond acceptors (Lipinski definition) is 6. The van der Waals surface area contributed by atoms with Gasteiger partial charge in [-0.1, -0.05) is 6.07 Å². The second-order valence-electron chi connectivity index (χ2n) is 4.84. The van der Waals surface area contributed by atoms with Crippen molar-refractivity contribution < 1.29 is 40.7 Å². The van der Waals surface area contributed by atoms with Gasteiger partial charge in [-0.05, 0) is 12.1 Å². The molecule has 0 aromatic heterocycles. The van der Waals surface area contributed by atoms with Crippen LogP contribution < -0.4 is 9.04 Å². The lowest BCUT2D eigenvalue weighted by Crippen LogP contribution is -2.48. The molecule has 0 bridgehead atoms. The third kappa shape index (κ3) is 2.90. The summed E-state index contributed by atoms with van der Waals surface area (Å²) in [6.45, 7) is 1.08. The van der Waals surface area contributed by atoms with Gasteiger partial charge in [0.05, 0.1) is 12.8 Å². The normalized spacial score (nSPS) is 17.4. The molecule has 1 aromatic carbocycles. The number of halogens is 3. The zero-order valence-electron chi connectivity index (χ0n) is 12.5. The first kappa shape index (κ1) is 18.0. The second-order valence-corrected chi connectivity index (χ2v) is 6.64. The van der Waals surface area contributed by atoms with Crippen molar-refractivity contribution in [3.05, 3.63) is 23.8 Å². The van der Waals surface area contributed by atoms with E-state index in [1.54, 1.807) is 0 Å². The standard InChI is InChI=1S/C13H12F3NO6S/c1-7(18)23-11-5-3-4-9-8(11)6-10(12(19)22-2)17(9)24(20,21)13(14,15)16/h3-5,10H,6H2,1-2H3/t10-/m0/s1. The van der Waals surface area contributed by atoms with Gasteiger partial charge in [0.1, 0.15) is 11.8 Å². The fraction of sp³-hybridized carbons (Fsp3) is 0.385. The lowest BCUT2D eigenvalue weighted by Gasteiger charge is -2.25. The van der Waals surface area contributed by atoms with Crippen LogP contribution in [-0.4, -0.2) is 39.0 Å². The van der Waals surface area contributed by atoms with Crippen molar-refractivity contribution in [2.24, 2.45) is 0 Å². The van der Waals surface area contributed by atoms with Gasteiger partial charge < -0.3 is 9.47 Å². The van der Waals surface area contributed by atoms with Crippen molar-refractivity contribution in [1.82, 2.24) is 0 Å². The maximum absolute atomic E-state index is 13.0. The summed E-state index contributed by atoms with van der Waals surface area (Å²) in [6.07, 6.45) is -0.416. The van der Waals surface area contributed by atoms with Crippen LogP contribution in [0.4, 0.5) is 18.9 Å². The molecule has 0 fully saturated rings. The number of hydrogen-bond donors (Lipinski definition) is 0. The molecule has 132 valence electrons. The summed E-state index contributed by atoms with van der Waals surface area (Å²) in [5.74, 6) is -2.02. The second kappa shape index (κ2) is 5.96. The van der Waals surface area contributed by atoms with Crippen molar-refractivity contribution in [3.63, 3.8) is 0 Å². The molecule has 11 heteroatoms. The van der Waals surface area contributed by atoms with Crippen LogP contribution in [0.3, 0.4) is 0 Å². The Morgan fingerprint density at radius 1 is 1.29 bits per heavy atom. The molecule has 0 spiro atoms. The Labute approximate surface area is 135 Å². The lowest BCUT2D eigenvalue weighted by molar-refractivity contribution is -0.141. The van der Waals surface area contributed by atoms with E-state index < -0.39 is 39.9 Å². The van der Waals surface area contributed by atoms with E-state index in [1.165, 1.54) is 12.1 Å². The minimum Gasteiger partial charge on any atom is -0.467 e. The smallest absolute Gasteiger partial charge is 0.467 e. The first-order chi connectivity index (χ1) is 11.0. The van der Waals surface area contributed by atoms with Crippen LogP contribution in [-0.2, 0) is 30.8 Å². The van der Waals surface area contributed by atoms with Crippen molar-refractivity contribution >= 4 is 27.6 Å². The summed E-state index contributed by atoms with van der Waals surface area (Å²) in [5.41, 5.74) is -6.00. The number of nitrogens with zero attached hydrogens (tertiary/aromatic N) is 1. The molecule has 1 aliphatic rings. The number of rotatable bonds is 3. The molecular formula is C13H12F3NO6S. The topological polar surface area (TPSA) is 90.0 Å². The van der Waals surface area contributed by atoms with Gasteiger partial charge in [0, 0.05) is 18.9 Å². The van der Waals surface area contributed by atoms with E-state index in [9.17, 15) is 31.2 Å². The van der Waals surface area contributed by atoms with Gasteiger partial charge in [-0.3, -0.25) is 4.79 Å². The highest BCUT2D eigenvalue weighted by Gasteiger charge is 2.56. The summed E-state index contributed by atoms with van der Waals surface area (Å²) in [5, 5.41) is 0. The third-order valence-electron chi connectivity index (χ3n) is 3.30. The monoisotopic (exact) mass is 367 g/mol. The zero-order valence-corrected chi connectivity index (χ0v) is 13.3. The molecule has 1 atom stereocenters. The average molecular weight is 367 g/mol. The Morgan fingerprint density at radius 2 is 1.92 bits per heavy atom. The molecule has 0 saturated heterocycles. The predicted octanol–water partition coefficient (Wildman–Crippen LogP) is 1.37. The Kier molecular flexibility index (Phi) is 4.48. The highest BCUT2D eigenvalue weighted by Crippen LogP contribution is 2.43. The van der Waals surface area contributed by atoms with Gasteiger partial charge in [0.2, 0.25) is 0 Å². The number of anilines is 1. The number of carbonyl (C=O) groups excluding carboxylic acids is 2. The fourth-order valence-corrected chi connectivity index (χ4v) is 3.53. The summed E-state index contributed by atoms with van der Waals surface area (Å²) >= 11 is 0. The predicted molar refractivity (Wildman–Crippen MR) is 74.7 cm³/mol. The van der Waals surface area contributed by atoms with Crippen LogP contribution in [0.1, 0.15) is 12.5 Å². The Bertz CT molecular complexity index is 789. The molecule has 1 heterocycles. The minimum absolute atomic E-state index is 0.00377. The third-order valence-corrected chi connectivity index (χ3v) is 4.86. The Balaban J connectivity index is 2.65. The van der Waals surface area contributed by atoms with Gasteiger partial charge in [0.25, 0.3) is 0 Å². The van der Waals surface area contributed by atoms with E-state index in [0.717, 1.165) is 20.1 Å². The number of sulfonamides is 1. The van der Waals surface area contributed by atoms with Crippen LogP contribution in [0.15, 0.2) is 18.2 Å². The quantitative estimate of drug-likeness (QED) is 0.592. The minimum atomic E-state index is -5.85.